The van der Waals surface area contributed by atoms with Gasteiger partial charge in [-0.15, -0.1) is 0 Å². The van der Waals surface area contributed by atoms with Crippen molar-refractivity contribution in [2.45, 2.75) is 65.2 Å². The van der Waals surface area contributed by atoms with E-state index in [9.17, 15) is 58.7 Å². The average Bonchev–Trinajstić information content (AvgIpc) is 1.55. The highest BCUT2D eigenvalue weighted by Crippen LogP contribution is 2.35. The van der Waals surface area contributed by atoms with Crippen molar-refractivity contribution < 1.29 is 58.7 Å². The molecule has 2 aliphatic heterocycles. The normalized spacial score (nSPS) is 12.9. The van der Waals surface area contributed by atoms with Gasteiger partial charge in [0.25, 0.3) is 0 Å². The highest BCUT2D eigenvalue weighted by molar-refractivity contribution is 6.28. The standard InChI is InChI=1S/C32H30F3N9O2.C21H17ClF3N7O.C11H11F3N2O/c1-18-7-9-25(39-31(46)38-23-6-4-5-22(14-23)32(33,34)35)15-27(18)40-28-26-16-36-30(41-29(26)43(3)42-28)37-24-10-8-20-11-12-44(19(2)45)17-21(20)13-24;1-11-6-7-14(28-20(33)27-13-5-3-4-12(8-13)21(23,24)25)9-16(11)29-17-15-10-26-19(22)30-18(15)32(2)31-17;12-11(13,14)10(17)16-4-3-7-1-2-9(15)5-8(7)6-16/h4-10,13-16H,11-12,17H2,1-3H3,(H,40,42)(H,36,37,41)(H2,38,39,46);3-10H,1-2H3,(H,29,31)(H2,27,28,33);1-2,5H,3-4,6,15H2. The number of amides is 6. The van der Waals surface area contributed by atoms with Gasteiger partial charge in [-0.25, -0.2) is 28.9 Å². The monoisotopic (exact) mass is 1350 g/mol. The molecule has 0 aliphatic carbocycles. The number of nitrogen functional groups attached to an aromatic ring is 1. The van der Waals surface area contributed by atoms with E-state index in [2.05, 4.69) is 73.4 Å². The zero-order valence-corrected chi connectivity index (χ0v) is 52.2. The van der Waals surface area contributed by atoms with E-state index in [1.54, 1.807) is 97.4 Å². The van der Waals surface area contributed by atoms with Crippen LogP contribution in [0.3, 0.4) is 0 Å². The van der Waals surface area contributed by atoms with E-state index in [4.69, 9.17) is 17.3 Å². The summed E-state index contributed by atoms with van der Waals surface area (Å²) in [6.45, 7) is 6.67. The second kappa shape index (κ2) is 27.8. The Bertz CT molecular complexity index is 4620. The van der Waals surface area contributed by atoms with Gasteiger partial charge < -0.3 is 52.8 Å². The van der Waals surface area contributed by atoms with Crippen molar-refractivity contribution in [3.8, 4) is 0 Å². The van der Waals surface area contributed by atoms with Gasteiger partial charge in [-0.2, -0.15) is 59.7 Å². The Morgan fingerprint density at radius 3 is 1.49 bits per heavy atom. The molecule has 498 valence electrons. The number of alkyl halides is 9. The van der Waals surface area contributed by atoms with Crippen molar-refractivity contribution >= 4 is 121 Å². The van der Waals surface area contributed by atoms with Crippen LogP contribution in [0, 0.1) is 13.8 Å². The van der Waals surface area contributed by atoms with Gasteiger partial charge >= 0.3 is 36.5 Å². The summed E-state index contributed by atoms with van der Waals surface area (Å²) in [6, 6.07) is 28.9. The second-order valence-electron chi connectivity index (χ2n) is 22.2. The molecule has 12 rings (SSSR count). The number of fused-ring (bicyclic) bond motifs is 4. The molecule has 0 bridgehead atoms. The fourth-order valence-electron chi connectivity index (χ4n) is 10.3. The van der Waals surface area contributed by atoms with Gasteiger partial charge in [0.2, 0.25) is 17.1 Å². The van der Waals surface area contributed by atoms with Crippen LogP contribution in [0.2, 0.25) is 5.28 Å². The second-order valence-corrected chi connectivity index (χ2v) is 22.5. The van der Waals surface area contributed by atoms with Gasteiger partial charge in [-0.05, 0) is 157 Å². The van der Waals surface area contributed by atoms with E-state index in [0.29, 0.717) is 93.2 Å². The topological polar surface area (TPSA) is 272 Å². The molecular formula is C64H58ClF9N18O4. The predicted octanol–water partition coefficient (Wildman–Crippen LogP) is 14.2. The highest BCUT2D eigenvalue weighted by atomic mass is 35.5. The van der Waals surface area contributed by atoms with Crippen molar-refractivity contribution in [3.05, 3.63) is 184 Å². The predicted molar refractivity (Wildman–Crippen MR) is 345 cm³/mol. The third-order valence-electron chi connectivity index (χ3n) is 15.2. The molecule has 0 unspecified atom stereocenters. The van der Waals surface area contributed by atoms with Gasteiger partial charge in [-0.1, -0.05) is 36.4 Å². The summed E-state index contributed by atoms with van der Waals surface area (Å²) in [6.07, 6.45) is -9.37. The highest BCUT2D eigenvalue weighted by Gasteiger charge is 2.43. The summed E-state index contributed by atoms with van der Waals surface area (Å²) < 4.78 is 118. The fourth-order valence-corrected chi connectivity index (χ4v) is 10.4. The molecule has 0 radical (unpaired) electrons. The van der Waals surface area contributed by atoms with E-state index < -0.39 is 47.6 Å². The first-order valence-electron chi connectivity index (χ1n) is 29.1. The molecule has 6 heterocycles. The number of benzene rings is 6. The summed E-state index contributed by atoms with van der Waals surface area (Å²) in [5.41, 5.74) is 14.1. The Morgan fingerprint density at radius 1 is 0.521 bits per heavy atom. The lowest BCUT2D eigenvalue weighted by atomic mass is 9.99. The molecule has 0 fully saturated rings. The first-order chi connectivity index (χ1) is 45.4. The number of aryl methyl sites for hydroxylation is 4. The maximum atomic E-state index is 13.0. The minimum Gasteiger partial charge on any atom is -0.399 e. The zero-order chi connectivity index (χ0) is 69.0. The number of hydrogen-bond donors (Lipinski definition) is 8. The quantitative estimate of drug-likeness (QED) is 0.0359. The number of hydrogen-bond acceptors (Lipinski definition) is 14. The molecule has 96 heavy (non-hydrogen) atoms. The van der Waals surface area contributed by atoms with Crippen molar-refractivity contribution in [3.63, 3.8) is 0 Å². The summed E-state index contributed by atoms with van der Waals surface area (Å²) in [4.78, 5) is 67.8. The fraction of sp³-hybridized carbons (Fsp3) is 0.219. The van der Waals surface area contributed by atoms with Crippen LogP contribution in [0.1, 0.15) is 51.4 Å². The third-order valence-corrected chi connectivity index (χ3v) is 15.4. The van der Waals surface area contributed by atoms with E-state index in [-0.39, 0.29) is 35.7 Å². The van der Waals surface area contributed by atoms with Gasteiger partial charge in [0.1, 0.15) is 0 Å². The van der Waals surface area contributed by atoms with Crippen molar-refractivity contribution in [2.75, 3.05) is 56.0 Å². The Morgan fingerprint density at radius 2 is 0.979 bits per heavy atom. The lowest BCUT2D eigenvalue weighted by Gasteiger charge is -2.29. The van der Waals surface area contributed by atoms with Crippen molar-refractivity contribution in [1.82, 2.24) is 49.3 Å². The number of halogens is 10. The average molecular weight is 1350 g/mol. The van der Waals surface area contributed by atoms with Crippen LogP contribution in [-0.2, 0) is 62.0 Å². The molecular weight excluding hydrogens is 1290 g/mol. The molecule has 22 nitrogen and oxygen atoms in total. The number of carbonyl (C=O) groups is 4. The number of aromatic nitrogens is 8. The van der Waals surface area contributed by atoms with Crippen molar-refractivity contribution in [2.24, 2.45) is 14.1 Å². The number of nitrogens with two attached hydrogens (primary N) is 1. The van der Waals surface area contributed by atoms with Gasteiger partial charge in [0.05, 0.1) is 21.9 Å². The molecule has 4 aromatic heterocycles. The molecule has 0 saturated heterocycles. The number of carbonyl (C=O) groups excluding carboxylic acids is 4. The third kappa shape index (κ3) is 16.6. The maximum Gasteiger partial charge on any atom is 0.471 e. The Balaban J connectivity index is 0.000000174. The van der Waals surface area contributed by atoms with Gasteiger partial charge in [0, 0.05) is 105 Å². The summed E-state index contributed by atoms with van der Waals surface area (Å²) in [5.74, 6) is -0.356. The van der Waals surface area contributed by atoms with Crippen LogP contribution in [0.4, 0.5) is 112 Å². The summed E-state index contributed by atoms with van der Waals surface area (Å²) in [7, 11) is 3.49. The molecule has 0 spiro atoms. The smallest absolute Gasteiger partial charge is 0.399 e. The van der Waals surface area contributed by atoms with Gasteiger partial charge in [-0.3, -0.25) is 9.59 Å². The van der Waals surface area contributed by atoms with Crippen LogP contribution in [-0.4, -0.2) is 92.4 Å². The molecule has 0 atom stereocenters. The Kier molecular flexibility index (Phi) is 19.6. The first-order valence-corrected chi connectivity index (χ1v) is 29.5. The van der Waals surface area contributed by atoms with Crippen molar-refractivity contribution in [1.29, 1.82) is 0 Å². The zero-order valence-electron chi connectivity index (χ0n) is 51.4. The van der Waals surface area contributed by atoms with E-state index >= 15 is 0 Å². The Labute approximate surface area is 545 Å². The minimum absolute atomic E-state index is 0.0119. The minimum atomic E-state index is -4.81. The summed E-state index contributed by atoms with van der Waals surface area (Å²) >= 11 is 5.86. The van der Waals surface area contributed by atoms with Crippen LogP contribution >= 0.6 is 11.6 Å². The molecule has 2 aliphatic rings. The number of nitrogens with one attached hydrogen (secondary N) is 7. The maximum absolute atomic E-state index is 13.0. The first kappa shape index (κ1) is 67.6. The summed E-state index contributed by atoms with van der Waals surface area (Å²) in [5, 5.41) is 30.2. The SMILES string of the molecule is CC(=O)N1CCc2ccc(Nc3ncc4c(Nc5cc(NC(=O)Nc6cccc(C(F)(F)F)c6)ccc5C)nn(C)c4n3)cc2C1.Cc1ccc(NC(=O)Nc2cccc(C(F)(F)F)c2)cc1Nc1nn(C)c2nc(Cl)ncc12.Nc1ccc2c(c1)CN(C(=O)C(F)(F)F)CC2. The van der Waals surface area contributed by atoms with Crippen LogP contribution in [0.25, 0.3) is 22.1 Å². The molecule has 32 heteroatoms. The largest absolute Gasteiger partial charge is 0.471 e. The molecule has 6 amide bonds. The molecule has 10 aromatic rings. The lowest BCUT2D eigenvalue weighted by molar-refractivity contribution is -0.186. The van der Waals surface area contributed by atoms with E-state index in [1.165, 1.54) is 29.8 Å². The number of rotatable bonds is 10. The van der Waals surface area contributed by atoms with E-state index in [1.807, 2.05) is 30.9 Å². The van der Waals surface area contributed by atoms with Gasteiger partial charge in [0.15, 0.2) is 22.9 Å². The van der Waals surface area contributed by atoms with Crippen LogP contribution in [0.15, 0.2) is 134 Å². The lowest BCUT2D eigenvalue weighted by Crippen LogP contribution is -2.43. The van der Waals surface area contributed by atoms with E-state index in [0.717, 1.165) is 63.5 Å². The number of urea groups is 2. The number of anilines is 11. The van der Waals surface area contributed by atoms with Crippen LogP contribution in [0.5, 0.6) is 0 Å². The Hall–Kier alpha value is -11.2. The molecule has 9 N–H and O–H groups in total. The van der Waals surface area contributed by atoms with Crippen LogP contribution < -0.4 is 43.0 Å². The molecule has 0 saturated carbocycles. The number of nitrogens with zero attached hydrogens (tertiary/aromatic N) is 10. The molecule has 6 aromatic carbocycles.